The van der Waals surface area contributed by atoms with Crippen molar-refractivity contribution in [3.63, 3.8) is 0 Å². The van der Waals surface area contributed by atoms with Crippen molar-refractivity contribution in [2.24, 2.45) is 5.92 Å². The molecule has 6 heteroatoms. The summed E-state index contributed by atoms with van der Waals surface area (Å²) >= 11 is 0. The predicted octanol–water partition coefficient (Wildman–Crippen LogP) is 2.38. The number of nitrogens with zero attached hydrogens (tertiary/aromatic N) is 2. The Morgan fingerprint density at radius 3 is 2.74 bits per heavy atom. The molecule has 1 N–H and O–H groups in total. The first-order chi connectivity index (χ1) is 8.91. The Balaban J connectivity index is 2.73. The second-order valence-electron chi connectivity index (χ2n) is 4.94. The van der Waals surface area contributed by atoms with Gasteiger partial charge in [0.1, 0.15) is 5.60 Å². The van der Waals surface area contributed by atoms with E-state index in [-0.39, 0.29) is 12.3 Å². The molecule has 0 aliphatic carbocycles. The van der Waals surface area contributed by atoms with Crippen molar-refractivity contribution in [3.8, 4) is 0 Å². The fourth-order valence-electron chi connectivity index (χ4n) is 1.86. The number of aromatic nitrogens is 2. The van der Waals surface area contributed by atoms with E-state index in [9.17, 15) is 4.79 Å². The van der Waals surface area contributed by atoms with Gasteiger partial charge in [-0.15, -0.1) is 0 Å². The maximum atomic E-state index is 10.6. The molecule has 0 aromatic carbocycles. The van der Waals surface area contributed by atoms with Crippen LogP contribution in [0.2, 0.25) is 0 Å². The van der Waals surface area contributed by atoms with Gasteiger partial charge in [0, 0.05) is 19.4 Å². The van der Waals surface area contributed by atoms with Crippen LogP contribution in [0.4, 0.5) is 0 Å². The van der Waals surface area contributed by atoms with Crippen molar-refractivity contribution in [2.45, 2.75) is 52.6 Å². The van der Waals surface area contributed by atoms with Gasteiger partial charge < -0.3 is 14.4 Å². The molecule has 2 atom stereocenters. The molecular formula is C13H22N2O4. The normalized spacial score (nSPS) is 16.0. The van der Waals surface area contributed by atoms with Gasteiger partial charge >= 0.3 is 5.97 Å². The lowest BCUT2D eigenvalue weighted by molar-refractivity contribution is -0.137. The number of ether oxygens (including phenoxy) is 1. The Bertz CT molecular complexity index is 419. The summed E-state index contributed by atoms with van der Waals surface area (Å²) in [6.07, 6.45) is 1.30. The minimum absolute atomic E-state index is 0.0363. The van der Waals surface area contributed by atoms with Crippen molar-refractivity contribution in [3.05, 3.63) is 11.7 Å². The highest BCUT2D eigenvalue weighted by molar-refractivity contribution is 5.66. The fourth-order valence-corrected chi connectivity index (χ4v) is 1.86. The van der Waals surface area contributed by atoms with Crippen LogP contribution in [0.5, 0.6) is 0 Å². The molecule has 0 bridgehead atoms. The van der Waals surface area contributed by atoms with Crippen LogP contribution in [-0.2, 0) is 21.6 Å². The van der Waals surface area contributed by atoms with E-state index in [1.807, 2.05) is 27.7 Å². The van der Waals surface area contributed by atoms with Gasteiger partial charge in [-0.1, -0.05) is 19.0 Å². The molecule has 19 heavy (non-hydrogen) atoms. The zero-order valence-electron chi connectivity index (χ0n) is 12.0. The Kier molecular flexibility index (Phi) is 5.47. The number of aliphatic carboxylic acids is 1. The third-order valence-corrected chi connectivity index (χ3v) is 3.12. The molecule has 0 spiro atoms. The zero-order chi connectivity index (χ0) is 14.5. The molecule has 0 aliphatic heterocycles. The summed E-state index contributed by atoms with van der Waals surface area (Å²) in [7, 11) is 0. The second kappa shape index (κ2) is 6.65. The van der Waals surface area contributed by atoms with Gasteiger partial charge in [-0.3, -0.25) is 4.79 Å². The minimum Gasteiger partial charge on any atom is -0.481 e. The summed E-state index contributed by atoms with van der Waals surface area (Å²) < 4.78 is 10.8. The molecule has 0 aliphatic rings. The van der Waals surface area contributed by atoms with E-state index in [1.165, 1.54) is 0 Å². The SMILES string of the molecule is CCOC(C)(CC)c1noc(CC(C)CC(=O)O)n1. The van der Waals surface area contributed by atoms with Crippen molar-refractivity contribution < 1.29 is 19.2 Å². The number of carboxylic acids is 1. The summed E-state index contributed by atoms with van der Waals surface area (Å²) in [5.41, 5.74) is -0.549. The third-order valence-electron chi connectivity index (χ3n) is 3.12. The quantitative estimate of drug-likeness (QED) is 0.780. The highest BCUT2D eigenvalue weighted by Gasteiger charge is 2.31. The molecule has 0 fully saturated rings. The zero-order valence-corrected chi connectivity index (χ0v) is 12.0. The average molecular weight is 270 g/mol. The van der Waals surface area contributed by atoms with E-state index in [0.29, 0.717) is 24.7 Å². The average Bonchev–Trinajstić information content (AvgIpc) is 2.77. The largest absolute Gasteiger partial charge is 0.481 e. The van der Waals surface area contributed by atoms with Crippen LogP contribution in [-0.4, -0.2) is 27.8 Å². The number of hydrogen-bond donors (Lipinski definition) is 1. The molecular weight excluding hydrogens is 248 g/mol. The highest BCUT2D eigenvalue weighted by Crippen LogP contribution is 2.26. The number of hydrogen-bond acceptors (Lipinski definition) is 5. The smallest absolute Gasteiger partial charge is 0.303 e. The third kappa shape index (κ3) is 4.31. The molecule has 6 nitrogen and oxygen atoms in total. The van der Waals surface area contributed by atoms with Gasteiger partial charge in [0.25, 0.3) is 0 Å². The number of carboxylic acid groups (broad SMARTS) is 1. The summed E-state index contributed by atoms with van der Waals surface area (Å²) in [5.74, 6) is 0.128. The molecule has 1 heterocycles. The van der Waals surface area contributed by atoms with Crippen molar-refractivity contribution in [2.75, 3.05) is 6.61 Å². The second-order valence-corrected chi connectivity index (χ2v) is 4.94. The Hall–Kier alpha value is -1.43. The van der Waals surface area contributed by atoms with Gasteiger partial charge in [0.15, 0.2) is 0 Å². The Morgan fingerprint density at radius 2 is 2.21 bits per heavy atom. The topological polar surface area (TPSA) is 85.5 Å². The predicted molar refractivity (Wildman–Crippen MR) is 68.7 cm³/mol. The molecule has 0 saturated carbocycles. The standard InChI is InChI=1S/C13H22N2O4/c1-5-13(4,18-6-2)12-14-10(19-15-12)7-9(3)8-11(16)17/h9H,5-8H2,1-4H3,(H,16,17). The maximum absolute atomic E-state index is 10.6. The van der Waals surface area contributed by atoms with Gasteiger partial charge in [-0.2, -0.15) is 4.98 Å². The van der Waals surface area contributed by atoms with Gasteiger partial charge in [-0.05, 0) is 26.2 Å². The van der Waals surface area contributed by atoms with Gasteiger partial charge in [0.05, 0.1) is 0 Å². The van der Waals surface area contributed by atoms with Crippen LogP contribution in [0.15, 0.2) is 4.52 Å². The van der Waals surface area contributed by atoms with Crippen molar-refractivity contribution in [1.82, 2.24) is 10.1 Å². The minimum atomic E-state index is -0.819. The molecule has 2 unspecified atom stereocenters. The van der Waals surface area contributed by atoms with E-state index in [2.05, 4.69) is 10.1 Å². The molecule has 108 valence electrons. The molecule has 0 saturated heterocycles. The van der Waals surface area contributed by atoms with Crippen LogP contribution in [0.25, 0.3) is 0 Å². The number of carbonyl (C=O) groups is 1. The monoisotopic (exact) mass is 270 g/mol. The van der Waals surface area contributed by atoms with Crippen LogP contribution >= 0.6 is 0 Å². The lowest BCUT2D eigenvalue weighted by Crippen LogP contribution is -2.26. The lowest BCUT2D eigenvalue weighted by atomic mass is 10.0. The molecule has 1 aromatic rings. The van der Waals surface area contributed by atoms with E-state index >= 15 is 0 Å². The Labute approximate surface area is 113 Å². The Morgan fingerprint density at radius 1 is 1.53 bits per heavy atom. The summed E-state index contributed by atoms with van der Waals surface area (Å²) in [5, 5.41) is 12.7. The molecule has 0 amide bonds. The van der Waals surface area contributed by atoms with Crippen molar-refractivity contribution >= 4 is 5.97 Å². The van der Waals surface area contributed by atoms with E-state index in [1.54, 1.807) is 0 Å². The van der Waals surface area contributed by atoms with Crippen LogP contribution in [0, 0.1) is 5.92 Å². The first-order valence-electron chi connectivity index (χ1n) is 6.60. The summed E-state index contributed by atoms with van der Waals surface area (Å²) in [6.45, 7) is 8.26. The van der Waals surface area contributed by atoms with E-state index in [0.717, 1.165) is 6.42 Å². The van der Waals surface area contributed by atoms with Gasteiger partial charge in [0.2, 0.25) is 11.7 Å². The molecule has 0 radical (unpaired) electrons. The molecule has 1 aromatic heterocycles. The lowest BCUT2D eigenvalue weighted by Gasteiger charge is -2.23. The van der Waals surface area contributed by atoms with Crippen molar-refractivity contribution in [1.29, 1.82) is 0 Å². The summed E-state index contributed by atoms with van der Waals surface area (Å²) in [6, 6.07) is 0. The van der Waals surface area contributed by atoms with Crippen LogP contribution in [0.1, 0.15) is 52.3 Å². The highest BCUT2D eigenvalue weighted by atomic mass is 16.5. The van der Waals surface area contributed by atoms with Crippen LogP contribution < -0.4 is 0 Å². The van der Waals surface area contributed by atoms with E-state index < -0.39 is 11.6 Å². The number of rotatable bonds is 8. The summed E-state index contributed by atoms with van der Waals surface area (Å²) in [4.78, 5) is 14.9. The van der Waals surface area contributed by atoms with E-state index in [4.69, 9.17) is 14.4 Å². The van der Waals surface area contributed by atoms with Crippen LogP contribution in [0.3, 0.4) is 0 Å². The molecule has 1 rings (SSSR count). The fraction of sp³-hybridized carbons (Fsp3) is 0.769. The first kappa shape index (κ1) is 15.6. The first-order valence-corrected chi connectivity index (χ1v) is 6.60. The maximum Gasteiger partial charge on any atom is 0.303 e. The van der Waals surface area contributed by atoms with Gasteiger partial charge in [-0.25, -0.2) is 0 Å².